The summed E-state index contributed by atoms with van der Waals surface area (Å²) in [5.41, 5.74) is 3.92. The number of hydrogen-bond donors (Lipinski definition) is 1. The van der Waals surface area contributed by atoms with Crippen molar-refractivity contribution in [2.75, 3.05) is 19.3 Å². The first kappa shape index (κ1) is 31.2. The average Bonchev–Trinajstić information content (AvgIpc) is 3.00. The molecule has 1 aliphatic rings. The van der Waals surface area contributed by atoms with Crippen LogP contribution in [0.25, 0.3) is 0 Å². The first-order valence-electron chi connectivity index (χ1n) is 14.6. The van der Waals surface area contributed by atoms with Crippen molar-refractivity contribution < 1.29 is 18.0 Å². The molecule has 0 saturated carbocycles. The Morgan fingerprint density at radius 1 is 0.810 bits per heavy atom. The van der Waals surface area contributed by atoms with Crippen LogP contribution in [-0.2, 0) is 39.1 Å². The molecule has 42 heavy (non-hydrogen) atoms. The van der Waals surface area contributed by atoms with Gasteiger partial charge in [-0.3, -0.25) is 9.59 Å². The van der Waals surface area contributed by atoms with Gasteiger partial charge < -0.3 is 10.2 Å². The van der Waals surface area contributed by atoms with Crippen LogP contribution in [0, 0.1) is 0 Å². The Bertz CT molecular complexity index is 1430. The molecular formula is C34H41N3O4S. The monoisotopic (exact) mass is 587 g/mol. The van der Waals surface area contributed by atoms with Crippen molar-refractivity contribution in [2.45, 2.75) is 57.7 Å². The largest absolute Gasteiger partial charge is 0.354 e. The van der Waals surface area contributed by atoms with Gasteiger partial charge in [0.2, 0.25) is 21.8 Å². The van der Waals surface area contributed by atoms with Crippen molar-refractivity contribution in [3.8, 4) is 0 Å². The number of nitrogens with one attached hydrogen (secondary N) is 1. The van der Waals surface area contributed by atoms with Gasteiger partial charge in [0, 0.05) is 26.1 Å². The molecule has 3 aromatic carbocycles. The fourth-order valence-corrected chi connectivity index (χ4v) is 5.98. The molecule has 0 aliphatic heterocycles. The molecule has 0 bridgehead atoms. The highest BCUT2D eigenvalue weighted by atomic mass is 32.2. The molecule has 1 N–H and O–H groups in total. The van der Waals surface area contributed by atoms with Gasteiger partial charge in [-0.15, -0.1) is 0 Å². The molecule has 1 atom stereocenters. The normalized spacial score (nSPS) is 14.2. The maximum atomic E-state index is 14.1. The third-order valence-electron chi connectivity index (χ3n) is 7.58. The highest BCUT2D eigenvalue weighted by Gasteiger charge is 2.32. The van der Waals surface area contributed by atoms with E-state index in [2.05, 4.69) is 11.4 Å². The van der Waals surface area contributed by atoms with Crippen LogP contribution in [0.2, 0.25) is 0 Å². The summed E-state index contributed by atoms with van der Waals surface area (Å²) in [7, 11) is -3.72. The van der Waals surface area contributed by atoms with E-state index >= 15 is 0 Å². The molecule has 0 fully saturated rings. The first-order valence-corrected chi connectivity index (χ1v) is 16.5. The lowest BCUT2D eigenvalue weighted by Crippen LogP contribution is -2.53. The lowest BCUT2D eigenvalue weighted by molar-refractivity contribution is -0.141. The number of nitrogens with zero attached hydrogens (tertiary/aromatic N) is 2. The van der Waals surface area contributed by atoms with Crippen LogP contribution >= 0.6 is 0 Å². The van der Waals surface area contributed by atoms with Crippen molar-refractivity contribution in [1.29, 1.82) is 0 Å². The average molecular weight is 588 g/mol. The van der Waals surface area contributed by atoms with Gasteiger partial charge in [0.25, 0.3) is 0 Å². The molecule has 0 spiro atoms. The standard InChI is InChI=1S/C34H41N3O4S/c1-42(40,41)36(25-30-18-10-4-11-19-30)27-33(38)37(26-31-20-12-5-13-21-31)32(24-29-16-8-3-9-17-29)34(39)35-23-22-28-14-6-2-7-15-28/h3-5,8-14,16-21,32H,2,6-7,15,22-27H2,1H3,(H,35,39)/t32-/m0/s1. The molecule has 4 rings (SSSR count). The van der Waals surface area contributed by atoms with Crippen molar-refractivity contribution in [1.82, 2.24) is 14.5 Å². The lowest BCUT2D eigenvalue weighted by atomic mass is 9.97. The molecule has 0 aromatic heterocycles. The Morgan fingerprint density at radius 3 is 1.93 bits per heavy atom. The summed E-state index contributed by atoms with van der Waals surface area (Å²) in [4.78, 5) is 29.5. The van der Waals surface area contributed by atoms with Crippen LogP contribution in [0.5, 0.6) is 0 Å². The Hall–Kier alpha value is -3.75. The third kappa shape index (κ3) is 9.67. The van der Waals surface area contributed by atoms with Crippen LogP contribution < -0.4 is 5.32 Å². The zero-order valence-corrected chi connectivity index (χ0v) is 25.1. The number of carbonyl (C=O) groups is 2. The summed E-state index contributed by atoms with van der Waals surface area (Å²) in [6.07, 6.45) is 9.01. The number of rotatable bonds is 14. The maximum absolute atomic E-state index is 14.1. The smallest absolute Gasteiger partial charge is 0.243 e. The number of amides is 2. The molecule has 3 aromatic rings. The molecule has 2 amide bonds. The summed E-state index contributed by atoms with van der Waals surface area (Å²) < 4.78 is 26.8. The second-order valence-corrected chi connectivity index (χ2v) is 12.9. The Balaban J connectivity index is 1.61. The molecule has 0 radical (unpaired) electrons. The van der Waals surface area contributed by atoms with Crippen LogP contribution in [0.15, 0.2) is 103 Å². The highest BCUT2D eigenvalue weighted by molar-refractivity contribution is 7.88. The van der Waals surface area contributed by atoms with E-state index in [-0.39, 0.29) is 25.5 Å². The maximum Gasteiger partial charge on any atom is 0.243 e. The summed E-state index contributed by atoms with van der Waals surface area (Å²) in [5, 5.41) is 3.09. The van der Waals surface area contributed by atoms with Gasteiger partial charge in [-0.2, -0.15) is 4.31 Å². The van der Waals surface area contributed by atoms with Gasteiger partial charge in [0.1, 0.15) is 6.04 Å². The first-order chi connectivity index (χ1) is 20.3. The Kier molecular flexibility index (Phi) is 11.5. The van der Waals surface area contributed by atoms with Gasteiger partial charge in [-0.25, -0.2) is 8.42 Å². The van der Waals surface area contributed by atoms with Crippen molar-refractivity contribution in [2.24, 2.45) is 0 Å². The third-order valence-corrected chi connectivity index (χ3v) is 8.78. The number of carbonyl (C=O) groups excluding carboxylic acids is 2. The summed E-state index contributed by atoms with van der Waals surface area (Å²) >= 11 is 0. The SMILES string of the molecule is CS(=O)(=O)N(CC(=O)N(Cc1ccccc1)[C@@H](Cc1ccccc1)C(=O)NCCC1=CCCCC1)Cc1ccccc1. The Morgan fingerprint density at radius 2 is 1.38 bits per heavy atom. The van der Waals surface area contributed by atoms with Crippen molar-refractivity contribution in [3.05, 3.63) is 119 Å². The minimum absolute atomic E-state index is 0.0647. The van der Waals surface area contributed by atoms with E-state index in [1.807, 2.05) is 91.0 Å². The van der Waals surface area contributed by atoms with Crippen LogP contribution in [0.4, 0.5) is 0 Å². The molecule has 7 nitrogen and oxygen atoms in total. The summed E-state index contributed by atoms with van der Waals surface area (Å²) in [6.45, 7) is 0.368. The molecule has 1 aliphatic carbocycles. The molecule has 8 heteroatoms. The summed E-state index contributed by atoms with van der Waals surface area (Å²) in [5.74, 6) is -0.667. The van der Waals surface area contributed by atoms with Gasteiger partial charge in [-0.05, 0) is 48.8 Å². The second-order valence-electron chi connectivity index (χ2n) is 10.9. The number of sulfonamides is 1. The van der Waals surface area contributed by atoms with Crippen LogP contribution in [0.3, 0.4) is 0 Å². The van der Waals surface area contributed by atoms with E-state index < -0.39 is 22.0 Å². The number of benzene rings is 3. The van der Waals surface area contributed by atoms with Gasteiger partial charge in [-0.1, -0.05) is 103 Å². The van der Waals surface area contributed by atoms with E-state index in [4.69, 9.17) is 0 Å². The second kappa shape index (κ2) is 15.5. The molecule has 222 valence electrons. The lowest BCUT2D eigenvalue weighted by Gasteiger charge is -2.33. The predicted molar refractivity (Wildman–Crippen MR) is 167 cm³/mol. The summed E-state index contributed by atoms with van der Waals surface area (Å²) in [6, 6.07) is 27.5. The van der Waals surface area contributed by atoms with E-state index in [1.165, 1.54) is 22.7 Å². The fraction of sp³-hybridized carbons (Fsp3) is 0.353. The van der Waals surface area contributed by atoms with Gasteiger partial charge >= 0.3 is 0 Å². The quantitative estimate of drug-likeness (QED) is 0.266. The molecular weight excluding hydrogens is 546 g/mol. The van der Waals surface area contributed by atoms with Crippen molar-refractivity contribution >= 4 is 21.8 Å². The van der Waals surface area contributed by atoms with E-state index in [0.29, 0.717) is 13.0 Å². The Labute approximate surface area is 250 Å². The van der Waals surface area contributed by atoms with E-state index in [9.17, 15) is 18.0 Å². The minimum Gasteiger partial charge on any atom is -0.354 e. The van der Waals surface area contributed by atoms with Gasteiger partial charge in [0.15, 0.2) is 0 Å². The topological polar surface area (TPSA) is 86.8 Å². The zero-order valence-electron chi connectivity index (χ0n) is 24.3. The highest BCUT2D eigenvalue weighted by Crippen LogP contribution is 2.20. The van der Waals surface area contributed by atoms with Crippen molar-refractivity contribution in [3.63, 3.8) is 0 Å². The number of hydrogen-bond acceptors (Lipinski definition) is 4. The number of allylic oxidation sites excluding steroid dienone is 1. The molecule has 0 heterocycles. The minimum atomic E-state index is -3.72. The molecule has 0 unspecified atom stereocenters. The van der Waals surface area contributed by atoms with Gasteiger partial charge in [0.05, 0.1) is 12.8 Å². The fourth-order valence-electron chi connectivity index (χ4n) is 5.25. The molecule has 0 saturated heterocycles. The van der Waals surface area contributed by atoms with E-state index in [0.717, 1.165) is 42.2 Å². The van der Waals surface area contributed by atoms with Crippen LogP contribution in [-0.4, -0.2) is 54.8 Å². The predicted octanol–water partition coefficient (Wildman–Crippen LogP) is 5.10. The van der Waals surface area contributed by atoms with E-state index in [1.54, 1.807) is 4.90 Å². The van der Waals surface area contributed by atoms with Crippen LogP contribution in [0.1, 0.15) is 48.8 Å². The zero-order chi connectivity index (χ0) is 29.8.